The summed E-state index contributed by atoms with van der Waals surface area (Å²) in [4.78, 5) is 11.9. The van der Waals surface area contributed by atoms with Gasteiger partial charge in [0.15, 0.2) is 0 Å². The normalized spacial score (nSPS) is 10.4. The first kappa shape index (κ1) is 15.4. The van der Waals surface area contributed by atoms with Crippen molar-refractivity contribution in [3.8, 4) is 5.75 Å². The van der Waals surface area contributed by atoms with Gasteiger partial charge >= 0.3 is 5.97 Å². The van der Waals surface area contributed by atoms with E-state index in [1.54, 1.807) is 25.1 Å². The Labute approximate surface area is 126 Å². The molecular formula is C16H15FO3S. The Morgan fingerprint density at radius 1 is 1.29 bits per heavy atom. The predicted molar refractivity (Wildman–Crippen MR) is 80.7 cm³/mol. The zero-order valence-electron chi connectivity index (χ0n) is 11.7. The average molecular weight is 306 g/mol. The topological polar surface area (TPSA) is 46.5 Å². The highest BCUT2D eigenvalue weighted by Gasteiger charge is 2.10. The second kappa shape index (κ2) is 6.63. The lowest BCUT2D eigenvalue weighted by atomic mass is 10.1. The SMILES string of the molecule is COc1ccc(F)cc1CSc1ccc(C)c(C(=O)O)c1. The van der Waals surface area contributed by atoms with Crippen LogP contribution >= 0.6 is 11.8 Å². The molecule has 2 aromatic carbocycles. The molecule has 0 atom stereocenters. The number of benzene rings is 2. The molecule has 0 fully saturated rings. The summed E-state index contributed by atoms with van der Waals surface area (Å²) in [5.41, 5.74) is 1.74. The number of thioether (sulfide) groups is 1. The molecule has 3 nitrogen and oxygen atoms in total. The van der Waals surface area contributed by atoms with Crippen molar-refractivity contribution in [2.24, 2.45) is 0 Å². The van der Waals surface area contributed by atoms with Crippen LogP contribution in [0.4, 0.5) is 4.39 Å². The van der Waals surface area contributed by atoms with Crippen LogP contribution in [0.25, 0.3) is 0 Å². The fraction of sp³-hybridized carbons (Fsp3) is 0.188. The first-order chi connectivity index (χ1) is 10.0. The number of hydrogen-bond acceptors (Lipinski definition) is 3. The predicted octanol–water partition coefficient (Wildman–Crippen LogP) is 4.13. The van der Waals surface area contributed by atoms with Crippen molar-refractivity contribution in [2.45, 2.75) is 17.6 Å². The zero-order valence-corrected chi connectivity index (χ0v) is 12.5. The van der Waals surface area contributed by atoms with E-state index >= 15 is 0 Å². The Kier molecular flexibility index (Phi) is 4.85. The third-order valence-corrected chi connectivity index (χ3v) is 4.12. The van der Waals surface area contributed by atoms with E-state index in [0.29, 0.717) is 11.5 Å². The van der Waals surface area contributed by atoms with Crippen LogP contribution < -0.4 is 4.74 Å². The summed E-state index contributed by atoms with van der Waals surface area (Å²) in [6.07, 6.45) is 0. The number of hydrogen-bond donors (Lipinski definition) is 1. The molecule has 0 bridgehead atoms. The highest BCUT2D eigenvalue weighted by molar-refractivity contribution is 7.98. The minimum Gasteiger partial charge on any atom is -0.496 e. The van der Waals surface area contributed by atoms with Gasteiger partial charge in [0.2, 0.25) is 0 Å². The van der Waals surface area contributed by atoms with E-state index in [4.69, 9.17) is 9.84 Å². The van der Waals surface area contributed by atoms with E-state index in [9.17, 15) is 9.18 Å². The molecule has 0 aliphatic heterocycles. The summed E-state index contributed by atoms with van der Waals surface area (Å²) in [5.74, 6) is -0.141. The standard InChI is InChI=1S/C16H15FO3S/c1-10-3-5-13(8-14(10)16(18)19)21-9-11-7-12(17)4-6-15(11)20-2/h3-8H,9H2,1-2H3,(H,18,19). The molecule has 0 saturated heterocycles. The van der Waals surface area contributed by atoms with Gasteiger partial charge in [0.25, 0.3) is 0 Å². The molecule has 2 rings (SSSR count). The Morgan fingerprint density at radius 3 is 2.71 bits per heavy atom. The molecule has 1 N–H and O–H groups in total. The number of carbonyl (C=O) groups is 1. The second-order valence-corrected chi connectivity index (χ2v) is 5.58. The van der Waals surface area contributed by atoms with Crippen LogP contribution in [0.3, 0.4) is 0 Å². The maximum atomic E-state index is 13.3. The van der Waals surface area contributed by atoms with Gasteiger partial charge in [0.1, 0.15) is 11.6 Å². The van der Waals surface area contributed by atoms with Gasteiger partial charge < -0.3 is 9.84 Å². The molecule has 110 valence electrons. The summed E-state index contributed by atoms with van der Waals surface area (Å²) in [7, 11) is 1.54. The minimum absolute atomic E-state index is 0.284. The number of carboxylic acid groups (broad SMARTS) is 1. The summed E-state index contributed by atoms with van der Waals surface area (Å²) in [6, 6.07) is 9.63. The van der Waals surface area contributed by atoms with Gasteiger partial charge in [-0.05, 0) is 42.8 Å². The monoisotopic (exact) mass is 306 g/mol. The van der Waals surface area contributed by atoms with Crippen LogP contribution in [0, 0.1) is 12.7 Å². The van der Waals surface area contributed by atoms with Crippen molar-refractivity contribution >= 4 is 17.7 Å². The highest BCUT2D eigenvalue weighted by Crippen LogP contribution is 2.29. The fourth-order valence-corrected chi connectivity index (χ4v) is 2.86. The van der Waals surface area contributed by atoms with Crippen LogP contribution in [0.2, 0.25) is 0 Å². The average Bonchev–Trinajstić information content (AvgIpc) is 2.46. The van der Waals surface area contributed by atoms with Gasteiger partial charge in [0, 0.05) is 16.2 Å². The van der Waals surface area contributed by atoms with E-state index in [0.717, 1.165) is 16.0 Å². The molecule has 0 aromatic heterocycles. The summed E-state index contributed by atoms with van der Waals surface area (Å²) in [6.45, 7) is 1.76. The number of rotatable bonds is 5. The molecular weight excluding hydrogens is 291 g/mol. The van der Waals surface area contributed by atoms with Crippen LogP contribution in [-0.4, -0.2) is 18.2 Å². The number of ether oxygens (including phenoxy) is 1. The molecule has 0 heterocycles. The molecule has 0 radical (unpaired) electrons. The molecule has 2 aromatic rings. The molecule has 0 aliphatic rings. The molecule has 0 aliphatic carbocycles. The quantitative estimate of drug-likeness (QED) is 0.844. The van der Waals surface area contributed by atoms with Crippen LogP contribution in [-0.2, 0) is 5.75 Å². The number of aromatic carboxylic acids is 1. The van der Waals surface area contributed by atoms with E-state index in [1.807, 2.05) is 6.07 Å². The molecule has 0 unspecified atom stereocenters. The van der Waals surface area contributed by atoms with E-state index < -0.39 is 5.97 Å². The number of aryl methyl sites for hydroxylation is 1. The number of carboxylic acids is 1. The van der Waals surface area contributed by atoms with Gasteiger partial charge in [-0.1, -0.05) is 6.07 Å². The maximum absolute atomic E-state index is 13.3. The van der Waals surface area contributed by atoms with Gasteiger partial charge in [-0.3, -0.25) is 0 Å². The van der Waals surface area contributed by atoms with E-state index in [2.05, 4.69) is 0 Å². The van der Waals surface area contributed by atoms with Crippen molar-refractivity contribution in [1.82, 2.24) is 0 Å². The van der Waals surface area contributed by atoms with Crippen molar-refractivity contribution in [3.05, 3.63) is 58.9 Å². The van der Waals surface area contributed by atoms with E-state index in [1.165, 1.54) is 31.0 Å². The lowest BCUT2D eigenvalue weighted by molar-refractivity contribution is 0.0696. The molecule has 0 spiro atoms. The van der Waals surface area contributed by atoms with Crippen molar-refractivity contribution < 1.29 is 19.0 Å². The lowest BCUT2D eigenvalue weighted by Gasteiger charge is -2.09. The molecule has 21 heavy (non-hydrogen) atoms. The Balaban J connectivity index is 2.19. The van der Waals surface area contributed by atoms with Gasteiger partial charge in [-0.2, -0.15) is 0 Å². The molecule has 0 amide bonds. The number of methoxy groups -OCH3 is 1. The Morgan fingerprint density at radius 2 is 2.05 bits per heavy atom. The molecule has 5 heteroatoms. The van der Waals surface area contributed by atoms with Crippen LogP contribution in [0.15, 0.2) is 41.3 Å². The lowest BCUT2D eigenvalue weighted by Crippen LogP contribution is -1.99. The second-order valence-electron chi connectivity index (χ2n) is 4.53. The van der Waals surface area contributed by atoms with Crippen LogP contribution in [0.1, 0.15) is 21.5 Å². The van der Waals surface area contributed by atoms with Gasteiger partial charge in [-0.25, -0.2) is 9.18 Å². The third-order valence-electron chi connectivity index (χ3n) is 3.08. The van der Waals surface area contributed by atoms with Crippen molar-refractivity contribution in [3.63, 3.8) is 0 Å². The Hall–Kier alpha value is -2.01. The van der Waals surface area contributed by atoms with Gasteiger partial charge in [-0.15, -0.1) is 11.8 Å². The highest BCUT2D eigenvalue weighted by atomic mass is 32.2. The minimum atomic E-state index is -0.946. The first-order valence-electron chi connectivity index (χ1n) is 6.30. The van der Waals surface area contributed by atoms with E-state index in [-0.39, 0.29) is 11.4 Å². The third kappa shape index (κ3) is 3.76. The Bertz CT molecular complexity index is 671. The summed E-state index contributed by atoms with van der Waals surface area (Å²) < 4.78 is 18.5. The van der Waals surface area contributed by atoms with Crippen molar-refractivity contribution in [2.75, 3.05) is 7.11 Å². The maximum Gasteiger partial charge on any atom is 0.335 e. The fourth-order valence-electron chi connectivity index (χ4n) is 1.94. The van der Waals surface area contributed by atoms with Crippen LogP contribution in [0.5, 0.6) is 5.75 Å². The number of halogens is 1. The van der Waals surface area contributed by atoms with Gasteiger partial charge in [0.05, 0.1) is 12.7 Å². The molecule has 0 saturated carbocycles. The summed E-state index contributed by atoms with van der Waals surface area (Å²) in [5, 5.41) is 9.12. The smallest absolute Gasteiger partial charge is 0.335 e. The zero-order chi connectivity index (χ0) is 15.4. The first-order valence-corrected chi connectivity index (χ1v) is 7.29. The summed E-state index contributed by atoms with van der Waals surface area (Å²) >= 11 is 1.44. The largest absolute Gasteiger partial charge is 0.496 e. The van der Waals surface area contributed by atoms with Crippen molar-refractivity contribution in [1.29, 1.82) is 0 Å².